The Labute approximate surface area is 205 Å². The van der Waals surface area contributed by atoms with Gasteiger partial charge in [-0.1, -0.05) is 37.6 Å². The fourth-order valence-electron chi connectivity index (χ4n) is 4.03. The monoisotopic (exact) mass is 486 g/mol. The number of esters is 1. The van der Waals surface area contributed by atoms with Crippen LogP contribution >= 0.6 is 0 Å². The van der Waals surface area contributed by atoms with E-state index in [1.54, 1.807) is 6.92 Å². The lowest BCUT2D eigenvalue weighted by atomic mass is 10.1. The molecule has 0 amide bonds. The number of aromatic nitrogens is 2. The number of benzene rings is 1. The second-order valence-corrected chi connectivity index (χ2v) is 8.44. The summed E-state index contributed by atoms with van der Waals surface area (Å²) in [5, 5.41) is 11.9. The van der Waals surface area contributed by atoms with Gasteiger partial charge in [0.05, 0.1) is 18.1 Å². The molecule has 0 unspecified atom stereocenters. The standard InChI is InChI=1S/C24H34N6O5/c1-3-5-14-35-24-26-22(25)21(30(32)33)23(27-24)29(17-20(31)34-4-2)16-19-11-7-6-10-18(19)15-28-12-8-9-13-28/h6-7,10-11H,3-5,8-9,12-17H2,1-2H3,(H2,25,26,27). The van der Waals surface area contributed by atoms with Crippen molar-refractivity contribution in [2.75, 3.05) is 43.5 Å². The molecule has 1 saturated heterocycles. The molecular weight excluding hydrogens is 452 g/mol. The molecule has 0 aliphatic carbocycles. The normalized spacial score (nSPS) is 13.5. The molecule has 0 saturated carbocycles. The van der Waals surface area contributed by atoms with E-state index in [1.165, 1.54) is 17.7 Å². The minimum absolute atomic E-state index is 0.0595. The van der Waals surface area contributed by atoms with Gasteiger partial charge < -0.3 is 20.1 Å². The summed E-state index contributed by atoms with van der Waals surface area (Å²) in [7, 11) is 0. The molecule has 190 valence electrons. The molecule has 0 spiro atoms. The predicted octanol–water partition coefficient (Wildman–Crippen LogP) is 3.31. The fraction of sp³-hybridized carbons (Fsp3) is 0.542. The zero-order chi connectivity index (χ0) is 25.2. The highest BCUT2D eigenvalue weighted by Gasteiger charge is 2.30. The Morgan fingerprint density at radius 1 is 1.20 bits per heavy atom. The largest absolute Gasteiger partial charge is 0.465 e. The van der Waals surface area contributed by atoms with Gasteiger partial charge in [-0.15, -0.1) is 0 Å². The molecule has 2 heterocycles. The van der Waals surface area contributed by atoms with Gasteiger partial charge in [0.1, 0.15) is 6.54 Å². The Morgan fingerprint density at radius 2 is 1.91 bits per heavy atom. The number of nitrogens with zero attached hydrogens (tertiary/aromatic N) is 5. The Bertz CT molecular complexity index is 1010. The Kier molecular flexibility index (Phi) is 9.59. The van der Waals surface area contributed by atoms with E-state index in [2.05, 4.69) is 14.9 Å². The molecule has 1 fully saturated rings. The zero-order valence-corrected chi connectivity index (χ0v) is 20.4. The highest BCUT2D eigenvalue weighted by molar-refractivity contribution is 5.78. The maximum absolute atomic E-state index is 12.5. The molecule has 1 aliphatic rings. The van der Waals surface area contributed by atoms with Crippen LogP contribution in [0.3, 0.4) is 0 Å². The lowest BCUT2D eigenvalue weighted by Crippen LogP contribution is -2.33. The van der Waals surface area contributed by atoms with Crippen molar-refractivity contribution in [1.82, 2.24) is 14.9 Å². The molecule has 0 bridgehead atoms. The summed E-state index contributed by atoms with van der Waals surface area (Å²) < 4.78 is 10.7. The van der Waals surface area contributed by atoms with Crippen LogP contribution in [0.4, 0.5) is 17.3 Å². The number of anilines is 2. The third-order valence-electron chi connectivity index (χ3n) is 5.78. The number of nitrogen functional groups attached to an aromatic ring is 1. The van der Waals surface area contributed by atoms with E-state index >= 15 is 0 Å². The number of hydrogen-bond acceptors (Lipinski definition) is 10. The third kappa shape index (κ3) is 7.25. The van der Waals surface area contributed by atoms with E-state index in [0.717, 1.165) is 43.6 Å². The van der Waals surface area contributed by atoms with Gasteiger partial charge >= 0.3 is 17.7 Å². The smallest absolute Gasteiger partial charge is 0.353 e. The minimum atomic E-state index is -0.630. The molecule has 11 nitrogen and oxygen atoms in total. The summed E-state index contributed by atoms with van der Waals surface area (Å²) in [5.41, 5.74) is 7.52. The van der Waals surface area contributed by atoms with Crippen LogP contribution in [0.15, 0.2) is 24.3 Å². The van der Waals surface area contributed by atoms with Crippen molar-refractivity contribution >= 4 is 23.3 Å². The van der Waals surface area contributed by atoms with Crippen LogP contribution in [0.5, 0.6) is 6.01 Å². The van der Waals surface area contributed by atoms with Crippen molar-refractivity contribution in [3.05, 3.63) is 45.5 Å². The van der Waals surface area contributed by atoms with Crippen LogP contribution in [0, 0.1) is 10.1 Å². The summed E-state index contributed by atoms with van der Waals surface area (Å²) >= 11 is 0. The van der Waals surface area contributed by atoms with Crippen molar-refractivity contribution in [1.29, 1.82) is 0 Å². The topological polar surface area (TPSA) is 137 Å². The number of nitro groups is 1. The second-order valence-electron chi connectivity index (χ2n) is 8.44. The van der Waals surface area contributed by atoms with Gasteiger partial charge in [-0.05, 0) is 50.4 Å². The first-order chi connectivity index (χ1) is 16.9. The van der Waals surface area contributed by atoms with Gasteiger partial charge in [0, 0.05) is 13.1 Å². The van der Waals surface area contributed by atoms with E-state index in [0.29, 0.717) is 6.61 Å². The molecule has 35 heavy (non-hydrogen) atoms. The van der Waals surface area contributed by atoms with E-state index in [4.69, 9.17) is 15.2 Å². The maximum atomic E-state index is 12.5. The van der Waals surface area contributed by atoms with Crippen molar-refractivity contribution < 1.29 is 19.2 Å². The van der Waals surface area contributed by atoms with Crippen molar-refractivity contribution in [2.24, 2.45) is 0 Å². The number of hydrogen-bond donors (Lipinski definition) is 1. The average molecular weight is 487 g/mol. The zero-order valence-electron chi connectivity index (χ0n) is 20.4. The highest BCUT2D eigenvalue weighted by atomic mass is 16.6. The lowest BCUT2D eigenvalue weighted by Gasteiger charge is -2.25. The number of carbonyl (C=O) groups is 1. The highest BCUT2D eigenvalue weighted by Crippen LogP contribution is 2.34. The first-order valence-electron chi connectivity index (χ1n) is 12.1. The molecule has 11 heteroatoms. The van der Waals surface area contributed by atoms with E-state index in [1.807, 2.05) is 31.2 Å². The second kappa shape index (κ2) is 12.8. The first-order valence-corrected chi connectivity index (χ1v) is 12.1. The van der Waals surface area contributed by atoms with Gasteiger partial charge in [0.15, 0.2) is 0 Å². The molecule has 0 radical (unpaired) electrons. The molecule has 1 aliphatic heterocycles. The molecule has 2 aromatic rings. The molecule has 3 rings (SSSR count). The van der Waals surface area contributed by atoms with Gasteiger partial charge in [-0.25, -0.2) is 0 Å². The number of carbonyl (C=O) groups excluding carboxylic acids is 1. The number of nitrogens with two attached hydrogens (primary N) is 1. The molecule has 1 aromatic heterocycles. The van der Waals surface area contributed by atoms with Crippen LogP contribution in [0.1, 0.15) is 50.7 Å². The van der Waals surface area contributed by atoms with Crippen molar-refractivity contribution in [3.63, 3.8) is 0 Å². The van der Waals surface area contributed by atoms with Gasteiger partial charge in [-0.3, -0.25) is 19.8 Å². The van der Waals surface area contributed by atoms with E-state index in [9.17, 15) is 14.9 Å². The van der Waals surface area contributed by atoms with Crippen LogP contribution in [0.2, 0.25) is 0 Å². The number of likely N-dealkylation sites (tertiary alicyclic amines) is 1. The number of rotatable bonds is 13. The maximum Gasteiger partial charge on any atom is 0.353 e. The average Bonchev–Trinajstić information content (AvgIpc) is 3.32. The van der Waals surface area contributed by atoms with Gasteiger partial charge in [0.25, 0.3) is 0 Å². The SMILES string of the molecule is CCCCOc1nc(N)c([N+](=O)[O-])c(N(CC(=O)OCC)Cc2ccccc2CN2CCCC2)n1. The van der Waals surface area contributed by atoms with E-state index < -0.39 is 16.6 Å². The predicted molar refractivity (Wildman–Crippen MR) is 132 cm³/mol. The summed E-state index contributed by atoms with van der Waals surface area (Å²) in [6.07, 6.45) is 4.01. The quantitative estimate of drug-likeness (QED) is 0.194. The van der Waals surface area contributed by atoms with Gasteiger partial charge in [-0.2, -0.15) is 9.97 Å². The van der Waals surface area contributed by atoms with Crippen molar-refractivity contribution in [3.8, 4) is 6.01 Å². The first kappa shape index (κ1) is 26.1. The van der Waals surface area contributed by atoms with Crippen molar-refractivity contribution in [2.45, 2.75) is 52.6 Å². The minimum Gasteiger partial charge on any atom is -0.465 e. The summed E-state index contributed by atoms with van der Waals surface area (Å²) in [6.45, 7) is 7.07. The Balaban J connectivity index is 1.99. The Morgan fingerprint density at radius 3 is 2.57 bits per heavy atom. The van der Waals surface area contributed by atoms with Crippen LogP contribution in [-0.4, -0.2) is 58.6 Å². The molecule has 1 aromatic carbocycles. The van der Waals surface area contributed by atoms with E-state index in [-0.39, 0.29) is 37.3 Å². The molecule has 0 atom stereocenters. The molecule has 2 N–H and O–H groups in total. The van der Waals surface area contributed by atoms with Crippen LogP contribution in [0.25, 0.3) is 0 Å². The lowest BCUT2D eigenvalue weighted by molar-refractivity contribution is -0.383. The third-order valence-corrected chi connectivity index (χ3v) is 5.78. The summed E-state index contributed by atoms with van der Waals surface area (Å²) in [5.74, 6) is -0.909. The summed E-state index contributed by atoms with van der Waals surface area (Å²) in [4.78, 5) is 36.0. The summed E-state index contributed by atoms with van der Waals surface area (Å²) in [6, 6.07) is 7.82. The molecular formula is C24H34N6O5. The fourth-order valence-corrected chi connectivity index (χ4v) is 4.03. The number of ether oxygens (including phenoxy) is 2. The Hall–Kier alpha value is -3.47. The number of unbranched alkanes of at least 4 members (excludes halogenated alkanes) is 1. The van der Waals surface area contributed by atoms with Gasteiger partial charge in [0.2, 0.25) is 11.6 Å². The van der Waals surface area contributed by atoms with Crippen LogP contribution < -0.4 is 15.4 Å². The van der Waals surface area contributed by atoms with Crippen LogP contribution in [-0.2, 0) is 22.6 Å².